The van der Waals surface area contributed by atoms with Gasteiger partial charge in [0, 0.05) is 12.6 Å². The zero-order chi connectivity index (χ0) is 10.0. The molecule has 2 atom stereocenters. The molecule has 2 rings (SSSR count). The molecule has 2 fully saturated rings. The van der Waals surface area contributed by atoms with Gasteiger partial charge in [0.15, 0.2) is 0 Å². The maximum atomic E-state index is 9.02. The summed E-state index contributed by atoms with van der Waals surface area (Å²) in [5.74, 6) is 0.270. The van der Waals surface area contributed by atoms with Crippen LogP contribution >= 0.6 is 0 Å². The first-order valence-corrected chi connectivity index (χ1v) is 5.87. The lowest BCUT2D eigenvalue weighted by atomic mass is 9.85. The molecular formula is C12H20N2. The largest absolute Gasteiger partial charge is 0.312 e. The molecule has 2 aliphatic carbocycles. The predicted octanol–water partition coefficient (Wildman–Crippen LogP) is 2.46. The summed E-state index contributed by atoms with van der Waals surface area (Å²) in [5.41, 5.74) is 0.567. The van der Waals surface area contributed by atoms with Crippen molar-refractivity contribution in [3.05, 3.63) is 0 Å². The molecule has 2 aliphatic rings. The molecule has 0 radical (unpaired) electrons. The highest BCUT2D eigenvalue weighted by Crippen LogP contribution is 2.44. The summed E-state index contributed by atoms with van der Waals surface area (Å²) in [7, 11) is 0. The third kappa shape index (κ3) is 2.27. The quantitative estimate of drug-likeness (QED) is 0.745. The molecule has 0 aromatic rings. The second-order valence-electron chi connectivity index (χ2n) is 5.32. The van der Waals surface area contributed by atoms with Crippen molar-refractivity contribution in [3.8, 4) is 6.07 Å². The van der Waals surface area contributed by atoms with Gasteiger partial charge in [-0.1, -0.05) is 19.8 Å². The maximum Gasteiger partial charge on any atom is 0.0672 e. The summed E-state index contributed by atoms with van der Waals surface area (Å²) >= 11 is 0. The van der Waals surface area contributed by atoms with Gasteiger partial charge in [-0.05, 0) is 31.1 Å². The van der Waals surface area contributed by atoms with Crippen molar-refractivity contribution in [1.29, 1.82) is 5.26 Å². The van der Waals surface area contributed by atoms with Gasteiger partial charge in [-0.2, -0.15) is 5.26 Å². The Balaban J connectivity index is 1.80. The SMILES string of the molecule is CC1(CNC2CCCCC2C#N)CC1. The second-order valence-corrected chi connectivity index (χ2v) is 5.32. The van der Waals surface area contributed by atoms with Crippen LogP contribution in [0.1, 0.15) is 45.4 Å². The van der Waals surface area contributed by atoms with E-state index in [2.05, 4.69) is 18.3 Å². The molecule has 0 aromatic carbocycles. The highest BCUT2D eigenvalue weighted by Gasteiger charge is 2.38. The van der Waals surface area contributed by atoms with Crippen LogP contribution in [0.25, 0.3) is 0 Å². The normalized spacial score (nSPS) is 34.9. The van der Waals surface area contributed by atoms with E-state index >= 15 is 0 Å². The summed E-state index contributed by atoms with van der Waals surface area (Å²) in [6.07, 6.45) is 7.58. The fourth-order valence-electron chi connectivity index (χ4n) is 2.30. The Labute approximate surface area is 86.7 Å². The molecule has 0 saturated heterocycles. The first-order valence-electron chi connectivity index (χ1n) is 5.87. The Hall–Kier alpha value is -0.550. The molecular weight excluding hydrogens is 172 g/mol. The lowest BCUT2D eigenvalue weighted by Gasteiger charge is -2.28. The minimum Gasteiger partial charge on any atom is -0.312 e. The lowest BCUT2D eigenvalue weighted by Crippen LogP contribution is -2.40. The van der Waals surface area contributed by atoms with Crippen LogP contribution in [0.15, 0.2) is 0 Å². The summed E-state index contributed by atoms with van der Waals surface area (Å²) in [6, 6.07) is 2.93. The van der Waals surface area contributed by atoms with E-state index in [0.29, 0.717) is 11.5 Å². The van der Waals surface area contributed by atoms with Crippen LogP contribution < -0.4 is 5.32 Å². The Morgan fingerprint density at radius 3 is 2.71 bits per heavy atom. The van der Waals surface area contributed by atoms with Gasteiger partial charge >= 0.3 is 0 Å². The predicted molar refractivity (Wildman–Crippen MR) is 56.7 cm³/mol. The molecule has 14 heavy (non-hydrogen) atoms. The van der Waals surface area contributed by atoms with Crippen LogP contribution in [-0.2, 0) is 0 Å². The van der Waals surface area contributed by atoms with E-state index in [1.807, 2.05) is 0 Å². The van der Waals surface area contributed by atoms with E-state index in [1.54, 1.807) is 0 Å². The standard InChI is InChI=1S/C12H20N2/c1-12(6-7-12)9-14-11-5-3-2-4-10(11)8-13/h10-11,14H,2-7,9H2,1H3. The van der Waals surface area contributed by atoms with Gasteiger partial charge in [-0.3, -0.25) is 0 Å². The summed E-state index contributed by atoms with van der Waals surface area (Å²) in [5, 5.41) is 12.6. The first kappa shape index (κ1) is 9.98. The average Bonchev–Trinajstić information content (AvgIpc) is 2.95. The van der Waals surface area contributed by atoms with Gasteiger partial charge in [0.2, 0.25) is 0 Å². The minimum absolute atomic E-state index is 0.270. The molecule has 0 aromatic heterocycles. The smallest absolute Gasteiger partial charge is 0.0672 e. The molecule has 2 heteroatoms. The van der Waals surface area contributed by atoms with Crippen LogP contribution in [0.3, 0.4) is 0 Å². The van der Waals surface area contributed by atoms with Crippen molar-refractivity contribution in [2.24, 2.45) is 11.3 Å². The monoisotopic (exact) mass is 192 g/mol. The Morgan fingerprint density at radius 2 is 2.07 bits per heavy atom. The van der Waals surface area contributed by atoms with Crippen molar-refractivity contribution in [2.45, 2.75) is 51.5 Å². The Bertz CT molecular complexity index is 237. The number of nitriles is 1. The summed E-state index contributed by atoms with van der Waals surface area (Å²) < 4.78 is 0. The van der Waals surface area contributed by atoms with Gasteiger partial charge in [-0.25, -0.2) is 0 Å². The number of nitrogens with zero attached hydrogens (tertiary/aromatic N) is 1. The topological polar surface area (TPSA) is 35.8 Å². The molecule has 0 bridgehead atoms. The fraction of sp³-hybridized carbons (Fsp3) is 0.917. The second kappa shape index (κ2) is 3.90. The van der Waals surface area contributed by atoms with E-state index in [-0.39, 0.29) is 5.92 Å². The maximum absolute atomic E-state index is 9.02. The Kier molecular flexibility index (Phi) is 2.78. The summed E-state index contributed by atoms with van der Waals surface area (Å²) in [6.45, 7) is 3.46. The van der Waals surface area contributed by atoms with E-state index in [0.717, 1.165) is 13.0 Å². The van der Waals surface area contributed by atoms with Crippen LogP contribution in [-0.4, -0.2) is 12.6 Å². The van der Waals surface area contributed by atoms with Gasteiger partial charge in [0.25, 0.3) is 0 Å². The average molecular weight is 192 g/mol. The zero-order valence-corrected chi connectivity index (χ0v) is 9.05. The Morgan fingerprint density at radius 1 is 1.36 bits per heavy atom. The fourth-order valence-corrected chi connectivity index (χ4v) is 2.30. The number of hydrogen-bond acceptors (Lipinski definition) is 2. The highest BCUT2D eigenvalue weighted by molar-refractivity contribution is 4.97. The molecule has 2 saturated carbocycles. The van der Waals surface area contributed by atoms with Crippen LogP contribution in [0.5, 0.6) is 0 Å². The molecule has 1 N–H and O–H groups in total. The zero-order valence-electron chi connectivity index (χ0n) is 9.05. The first-order chi connectivity index (χ1) is 6.73. The molecule has 78 valence electrons. The van der Waals surface area contributed by atoms with E-state index in [9.17, 15) is 0 Å². The van der Waals surface area contributed by atoms with Crippen LogP contribution in [0.4, 0.5) is 0 Å². The van der Waals surface area contributed by atoms with Crippen LogP contribution in [0.2, 0.25) is 0 Å². The molecule has 0 heterocycles. The lowest BCUT2D eigenvalue weighted by molar-refractivity contribution is 0.295. The number of hydrogen-bond donors (Lipinski definition) is 1. The number of nitrogens with one attached hydrogen (secondary N) is 1. The minimum atomic E-state index is 0.270. The molecule has 2 nitrogen and oxygen atoms in total. The molecule has 0 amide bonds. The van der Waals surface area contributed by atoms with Gasteiger partial charge in [0.05, 0.1) is 12.0 Å². The van der Waals surface area contributed by atoms with Gasteiger partial charge in [0.1, 0.15) is 0 Å². The van der Waals surface area contributed by atoms with Crippen LogP contribution in [0, 0.1) is 22.7 Å². The molecule has 2 unspecified atom stereocenters. The van der Waals surface area contributed by atoms with Gasteiger partial charge < -0.3 is 5.32 Å². The number of rotatable bonds is 3. The molecule has 0 spiro atoms. The van der Waals surface area contributed by atoms with Crippen molar-refractivity contribution < 1.29 is 0 Å². The van der Waals surface area contributed by atoms with E-state index < -0.39 is 0 Å². The van der Waals surface area contributed by atoms with Gasteiger partial charge in [-0.15, -0.1) is 0 Å². The van der Waals surface area contributed by atoms with Crippen molar-refractivity contribution >= 4 is 0 Å². The van der Waals surface area contributed by atoms with Crippen molar-refractivity contribution in [3.63, 3.8) is 0 Å². The highest BCUT2D eigenvalue weighted by atomic mass is 14.9. The van der Waals surface area contributed by atoms with E-state index in [1.165, 1.54) is 32.1 Å². The third-order valence-electron chi connectivity index (χ3n) is 3.83. The molecule has 0 aliphatic heterocycles. The summed E-state index contributed by atoms with van der Waals surface area (Å²) in [4.78, 5) is 0. The van der Waals surface area contributed by atoms with E-state index in [4.69, 9.17) is 5.26 Å². The third-order valence-corrected chi connectivity index (χ3v) is 3.83. The van der Waals surface area contributed by atoms with Crippen molar-refractivity contribution in [2.75, 3.05) is 6.54 Å². The van der Waals surface area contributed by atoms with Crippen molar-refractivity contribution in [1.82, 2.24) is 5.32 Å².